The Labute approximate surface area is 211 Å². The Morgan fingerprint density at radius 1 is 1.28 bits per heavy atom. The molecule has 0 N–H and O–H groups in total. The Balaban J connectivity index is 1.48. The summed E-state index contributed by atoms with van der Waals surface area (Å²) in [5, 5.41) is 4.89. The van der Waals surface area contributed by atoms with Crippen molar-refractivity contribution in [2.24, 2.45) is 0 Å². The first kappa shape index (κ1) is 24.2. The largest absolute Gasteiger partial charge is 0.479 e. The van der Waals surface area contributed by atoms with Crippen LogP contribution in [-0.2, 0) is 6.42 Å². The van der Waals surface area contributed by atoms with E-state index in [4.69, 9.17) is 19.8 Å². The SMILES string of the molecule is C=C(C)C(F)(CC)C1=CC(C2CCCc3nc(-c4ccc(-n5cnc(C)c5)c(OC)n4)nn32)=CCC1. The highest BCUT2D eigenvalue weighted by atomic mass is 19.1. The molecule has 8 heteroatoms. The van der Waals surface area contributed by atoms with Gasteiger partial charge in [-0.25, -0.2) is 24.0 Å². The highest BCUT2D eigenvalue weighted by Gasteiger charge is 2.35. The number of allylic oxidation sites excluding steroid dienone is 5. The fraction of sp³-hybridized carbons (Fsp3) is 0.429. The molecule has 36 heavy (non-hydrogen) atoms. The van der Waals surface area contributed by atoms with E-state index in [2.05, 4.69) is 17.6 Å². The number of fused-ring (bicyclic) bond motifs is 1. The van der Waals surface area contributed by atoms with E-state index in [0.717, 1.165) is 60.5 Å². The van der Waals surface area contributed by atoms with Crippen LogP contribution in [0.2, 0.25) is 0 Å². The Morgan fingerprint density at radius 3 is 2.81 bits per heavy atom. The van der Waals surface area contributed by atoms with E-state index in [1.54, 1.807) is 20.4 Å². The van der Waals surface area contributed by atoms with E-state index in [9.17, 15) is 0 Å². The van der Waals surface area contributed by atoms with Crippen molar-refractivity contribution in [1.82, 2.24) is 29.3 Å². The molecule has 0 fully saturated rings. The average Bonchev–Trinajstić information content (AvgIpc) is 3.54. The molecule has 0 spiro atoms. The van der Waals surface area contributed by atoms with E-state index < -0.39 is 5.67 Å². The molecule has 3 aromatic heterocycles. The third-order valence-corrected chi connectivity index (χ3v) is 7.32. The molecular formula is C28H33FN6O. The van der Waals surface area contributed by atoms with Crippen molar-refractivity contribution in [3.8, 4) is 23.1 Å². The molecule has 3 aromatic rings. The molecule has 0 bridgehead atoms. The van der Waals surface area contributed by atoms with Gasteiger partial charge in [-0.2, -0.15) is 0 Å². The van der Waals surface area contributed by atoms with Gasteiger partial charge in [0.05, 0.1) is 25.2 Å². The van der Waals surface area contributed by atoms with Crippen molar-refractivity contribution in [3.05, 3.63) is 71.6 Å². The average molecular weight is 489 g/mol. The maximum Gasteiger partial charge on any atom is 0.238 e. The minimum atomic E-state index is -1.46. The zero-order valence-corrected chi connectivity index (χ0v) is 21.5. The summed E-state index contributed by atoms with van der Waals surface area (Å²) in [6.45, 7) is 9.55. The van der Waals surface area contributed by atoms with Crippen molar-refractivity contribution >= 4 is 0 Å². The van der Waals surface area contributed by atoms with E-state index in [0.29, 0.717) is 29.4 Å². The van der Waals surface area contributed by atoms with Crippen LogP contribution in [0.1, 0.15) is 63.5 Å². The van der Waals surface area contributed by atoms with Gasteiger partial charge in [0.2, 0.25) is 5.88 Å². The smallest absolute Gasteiger partial charge is 0.238 e. The number of hydrogen-bond acceptors (Lipinski definition) is 5. The molecule has 7 nitrogen and oxygen atoms in total. The van der Waals surface area contributed by atoms with Crippen LogP contribution in [0.15, 0.2) is 60.1 Å². The summed E-state index contributed by atoms with van der Waals surface area (Å²) in [7, 11) is 1.60. The first-order valence-corrected chi connectivity index (χ1v) is 12.6. The van der Waals surface area contributed by atoms with Gasteiger partial charge >= 0.3 is 0 Å². The molecule has 0 radical (unpaired) electrons. The number of alkyl halides is 1. The van der Waals surface area contributed by atoms with Crippen molar-refractivity contribution in [1.29, 1.82) is 0 Å². The maximum atomic E-state index is 15.8. The highest BCUT2D eigenvalue weighted by Crippen LogP contribution is 2.41. The van der Waals surface area contributed by atoms with Crippen LogP contribution in [0.25, 0.3) is 17.2 Å². The number of halogens is 1. The summed E-state index contributed by atoms with van der Waals surface area (Å²) >= 11 is 0. The lowest BCUT2D eigenvalue weighted by Crippen LogP contribution is -2.28. The molecule has 2 unspecified atom stereocenters. The summed E-state index contributed by atoms with van der Waals surface area (Å²) in [6, 6.07) is 3.89. The van der Waals surface area contributed by atoms with Gasteiger partial charge in [0, 0.05) is 12.6 Å². The summed E-state index contributed by atoms with van der Waals surface area (Å²) in [4.78, 5) is 13.8. The molecule has 1 aliphatic heterocycles. The van der Waals surface area contributed by atoms with Crippen LogP contribution in [0, 0.1) is 6.92 Å². The first-order chi connectivity index (χ1) is 17.3. The lowest BCUT2D eigenvalue weighted by molar-refractivity contribution is 0.246. The molecule has 0 saturated carbocycles. The van der Waals surface area contributed by atoms with E-state index in [1.165, 1.54) is 0 Å². The fourth-order valence-corrected chi connectivity index (χ4v) is 5.30. The highest BCUT2D eigenvalue weighted by molar-refractivity contribution is 5.55. The summed E-state index contributed by atoms with van der Waals surface area (Å²) < 4.78 is 25.2. The number of ether oxygens (including phenoxy) is 1. The van der Waals surface area contributed by atoms with Crippen molar-refractivity contribution in [2.45, 2.75) is 71.0 Å². The second-order valence-electron chi connectivity index (χ2n) is 9.70. The molecule has 2 atom stereocenters. The number of nitrogens with zero attached hydrogens (tertiary/aromatic N) is 6. The monoisotopic (exact) mass is 488 g/mol. The number of aryl methyl sites for hydroxylation is 2. The molecule has 188 valence electrons. The van der Waals surface area contributed by atoms with E-state index in [-0.39, 0.29) is 6.04 Å². The molecule has 4 heterocycles. The lowest BCUT2D eigenvalue weighted by atomic mass is 9.79. The quantitative estimate of drug-likeness (QED) is 0.378. The minimum absolute atomic E-state index is 0.0339. The first-order valence-electron chi connectivity index (χ1n) is 12.6. The number of aromatic nitrogens is 6. The van der Waals surface area contributed by atoms with Crippen molar-refractivity contribution in [2.75, 3.05) is 7.11 Å². The third-order valence-electron chi connectivity index (χ3n) is 7.32. The molecule has 0 saturated heterocycles. The number of methoxy groups -OCH3 is 1. The zero-order valence-electron chi connectivity index (χ0n) is 21.5. The van der Waals surface area contributed by atoms with E-state index in [1.807, 2.05) is 47.5 Å². The standard InChI is InChI=1S/C28H33FN6O/c1-6-28(29,18(2)3)21-10-7-9-20(15-21)23-11-8-12-25-32-26(33-35(23)25)22-13-14-24(27(31-22)36-5)34-16-19(4)30-17-34/h9,13-17,23H,2,6-8,10-12H2,1,3-5H3. The van der Waals surface area contributed by atoms with E-state index >= 15 is 4.39 Å². The molecular weight excluding hydrogens is 455 g/mol. The molecule has 0 aromatic carbocycles. The maximum absolute atomic E-state index is 15.8. The molecule has 2 aliphatic rings. The van der Waals surface area contributed by atoms with Gasteiger partial charge in [-0.05, 0) is 74.8 Å². The number of pyridine rings is 1. The predicted molar refractivity (Wildman–Crippen MR) is 138 cm³/mol. The number of rotatable bonds is 7. The normalized spacial score (nSPS) is 19.2. The van der Waals surface area contributed by atoms with Crippen LogP contribution >= 0.6 is 0 Å². The lowest BCUT2D eigenvalue weighted by Gasteiger charge is -2.32. The van der Waals surface area contributed by atoms with Crippen molar-refractivity contribution in [3.63, 3.8) is 0 Å². The molecule has 0 amide bonds. The second kappa shape index (κ2) is 9.48. The Hall–Kier alpha value is -3.55. The Bertz CT molecular complexity index is 1370. The summed E-state index contributed by atoms with van der Waals surface area (Å²) in [6.07, 6.45) is 12.7. The van der Waals surface area contributed by atoms with Crippen LogP contribution in [0.5, 0.6) is 5.88 Å². The zero-order chi connectivity index (χ0) is 25.4. The van der Waals surface area contributed by atoms with Crippen LogP contribution in [0.3, 0.4) is 0 Å². The van der Waals surface area contributed by atoms with Crippen LogP contribution in [-0.4, -0.2) is 42.1 Å². The van der Waals surface area contributed by atoms with Crippen LogP contribution in [0.4, 0.5) is 4.39 Å². The predicted octanol–water partition coefficient (Wildman–Crippen LogP) is 6.06. The van der Waals surface area contributed by atoms with Gasteiger partial charge in [-0.1, -0.05) is 25.7 Å². The van der Waals surface area contributed by atoms with Gasteiger partial charge in [-0.15, -0.1) is 5.10 Å². The minimum Gasteiger partial charge on any atom is -0.479 e. The summed E-state index contributed by atoms with van der Waals surface area (Å²) in [5.74, 6) is 1.98. The summed E-state index contributed by atoms with van der Waals surface area (Å²) in [5.41, 5.74) is 3.41. The van der Waals surface area contributed by atoms with Gasteiger partial charge in [-0.3, -0.25) is 0 Å². The van der Waals surface area contributed by atoms with Crippen LogP contribution < -0.4 is 4.74 Å². The van der Waals surface area contributed by atoms with Gasteiger partial charge in [0.1, 0.15) is 17.2 Å². The number of hydrogen-bond donors (Lipinski definition) is 0. The number of imidazole rings is 1. The topological polar surface area (TPSA) is 70.7 Å². The second-order valence-corrected chi connectivity index (χ2v) is 9.70. The molecule has 1 aliphatic carbocycles. The fourth-order valence-electron chi connectivity index (χ4n) is 5.30. The van der Waals surface area contributed by atoms with Gasteiger partial charge < -0.3 is 9.30 Å². The Morgan fingerprint density at radius 2 is 2.11 bits per heavy atom. The molecule has 5 rings (SSSR count). The third kappa shape index (κ3) is 4.18. The Kier molecular flexibility index (Phi) is 6.36. The van der Waals surface area contributed by atoms with Gasteiger partial charge in [0.15, 0.2) is 11.5 Å². The van der Waals surface area contributed by atoms with Crippen molar-refractivity contribution < 1.29 is 9.13 Å². The van der Waals surface area contributed by atoms with Gasteiger partial charge in [0.25, 0.3) is 0 Å².